The van der Waals surface area contributed by atoms with E-state index in [4.69, 9.17) is 4.74 Å². The molecule has 0 amide bonds. The Kier molecular flexibility index (Phi) is 5.79. The number of rotatable bonds is 7. The van der Waals surface area contributed by atoms with Gasteiger partial charge in [-0.05, 0) is 38.8 Å². The second kappa shape index (κ2) is 7.38. The van der Waals surface area contributed by atoms with Crippen molar-refractivity contribution in [2.24, 2.45) is 7.05 Å². The van der Waals surface area contributed by atoms with Crippen molar-refractivity contribution in [3.63, 3.8) is 0 Å². The molecule has 1 unspecified atom stereocenters. The number of morpholine rings is 1. The Bertz CT molecular complexity index is 424. The van der Waals surface area contributed by atoms with E-state index >= 15 is 0 Å². The number of hydrogen-bond acceptors (Lipinski definition) is 4. The molecule has 2 rings (SSSR count). The summed E-state index contributed by atoms with van der Waals surface area (Å²) < 4.78 is 7.38. The Labute approximate surface area is 128 Å². The van der Waals surface area contributed by atoms with Crippen LogP contribution >= 0.6 is 0 Å². The molecule has 0 spiro atoms. The number of aromatic nitrogens is 2. The van der Waals surface area contributed by atoms with Crippen molar-refractivity contribution in [2.75, 3.05) is 32.8 Å². The van der Waals surface area contributed by atoms with Gasteiger partial charge in [0.2, 0.25) is 0 Å². The predicted molar refractivity (Wildman–Crippen MR) is 85.5 cm³/mol. The first kappa shape index (κ1) is 16.5. The van der Waals surface area contributed by atoms with Crippen LogP contribution in [0.3, 0.4) is 0 Å². The van der Waals surface area contributed by atoms with Crippen molar-refractivity contribution in [1.29, 1.82) is 0 Å². The van der Waals surface area contributed by atoms with Crippen LogP contribution in [0.25, 0.3) is 0 Å². The molecule has 1 saturated heterocycles. The standard InChI is InChI=1S/C16H30N4O/c1-5-6-17-15(11-14-12-18-19(4)13-14)16(2,3)20-7-9-21-10-8-20/h12-13,15,17H,5-11H2,1-4H3. The summed E-state index contributed by atoms with van der Waals surface area (Å²) in [4.78, 5) is 2.56. The largest absolute Gasteiger partial charge is 0.379 e. The van der Waals surface area contributed by atoms with E-state index in [-0.39, 0.29) is 5.54 Å². The van der Waals surface area contributed by atoms with Gasteiger partial charge >= 0.3 is 0 Å². The maximum absolute atomic E-state index is 5.50. The lowest BCUT2D eigenvalue weighted by Gasteiger charge is -2.46. The monoisotopic (exact) mass is 294 g/mol. The van der Waals surface area contributed by atoms with Crippen molar-refractivity contribution in [1.82, 2.24) is 20.0 Å². The molecule has 120 valence electrons. The average molecular weight is 294 g/mol. The Morgan fingerprint density at radius 1 is 1.38 bits per heavy atom. The third-order valence-electron chi connectivity index (χ3n) is 4.52. The summed E-state index contributed by atoms with van der Waals surface area (Å²) in [6, 6.07) is 0.416. The molecule has 1 atom stereocenters. The summed E-state index contributed by atoms with van der Waals surface area (Å²) >= 11 is 0. The smallest absolute Gasteiger partial charge is 0.0594 e. The highest BCUT2D eigenvalue weighted by Gasteiger charge is 2.36. The lowest BCUT2D eigenvalue weighted by Crippen LogP contribution is -2.61. The summed E-state index contributed by atoms with van der Waals surface area (Å²) in [7, 11) is 1.98. The molecule has 1 aromatic heterocycles. The van der Waals surface area contributed by atoms with E-state index in [2.05, 4.69) is 42.3 Å². The van der Waals surface area contributed by atoms with Gasteiger partial charge in [-0.25, -0.2) is 0 Å². The molecule has 5 nitrogen and oxygen atoms in total. The van der Waals surface area contributed by atoms with E-state index in [1.807, 2.05) is 17.9 Å². The highest BCUT2D eigenvalue weighted by Crippen LogP contribution is 2.23. The first-order valence-corrected chi connectivity index (χ1v) is 8.07. The van der Waals surface area contributed by atoms with Crippen LogP contribution in [0.4, 0.5) is 0 Å². The van der Waals surface area contributed by atoms with Gasteiger partial charge in [-0.3, -0.25) is 9.58 Å². The Morgan fingerprint density at radius 2 is 2.10 bits per heavy atom. The van der Waals surface area contributed by atoms with Gasteiger partial charge in [-0.2, -0.15) is 5.10 Å². The van der Waals surface area contributed by atoms with Gasteiger partial charge in [0.05, 0.1) is 19.4 Å². The highest BCUT2D eigenvalue weighted by molar-refractivity contribution is 5.10. The summed E-state index contributed by atoms with van der Waals surface area (Å²) in [5, 5.41) is 8.05. The van der Waals surface area contributed by atoms with Crippen LogP contribution in [0.15, 0.2) is 12.4 Å². The molecular formula is C16H30N4O. The third-order valence-corrected chi connectivity index (χ3v) is 4.52. The van der Waals surface area contributed by atoms with Gasteiger partial charge in [0.1, 0.15) is 0 Å². The fraction of sp³-hybridized carbons (Fsp3) is 0.812. The quantitative estimate of drug-likeness (QED) is 0.826. The van der Waals surface area contributed by atoms with E-state index in [0.29, 0.717) is 6.04 Å². The van der Waals surface area contributed by atoms with E-state index in [0.717, 1.165) is 45.7 Å². The summed E-state index contributed by atoms with van der Waals surface area (Å²) in [5.41, 5.74) is 1.40. The van der Waals surface area contributed by atoms with Crippen molar-refractivity contribution >= 4 is 0 Å². The molecule has 1 N–H and O–H groups in total. The van der Waals surface area contributed by atoms with Crippen LogP contribution < -0.4 is 5.32 Å². The Balaban J connectivity index is 2.08. The molecule has 21 heavy (non-hydrogen) atoms. The zero-order valence-corrected chi connectivity index (χ0v) is 13.9. The number of aryl methyl sites for hydroxylation is 1. The van der Waals surface area contributed by atoms with Crippen molar-refractivity contribution < 1.29 is 4.74 Å². The molecule has 0 saturated carbocycles. The fourth-order valence-electron chi connectivity index (χ4n) is 3.06. The average Bonchev–Trinajstić information content (AvgIpc) is 2.89. The normalized spacial score (nSPS) is 18.9. The SMILES string of the molecule is CCCNC(Cc1cnn(C)c1)C(C)(C)N1CCOCC1. The number of hydrogen-bond donors (Lipinski definition) is 1. The van der Waals surface area contributed by atoms with Crippen LogP contribution in [-0.2, 0) is 18.2 Å². The molecular weight excluding hydrogens is 264 g/mol. The molecule has 0 bridgehead atoms. The number of nitrogens with zero attached hydrogens (tertiary/aromatic N) is 3. The zero-order valence-electron chi connectivity index (χ0n) is 13.9. The Hall–Kier alpha value is -0.910. The topological polar surface area (TPSA) is 42.3 Å². The molecule has 1 aliphatic rings. The van der Waals surface area contributed by atoms with Gasteiger partial charge < -0.3 is 10.1 Å². The maximum atomic E-state index is 5.50. The minimum Gasteiger partial charge on any atom is -0.379 e. The molecule has 0 aromatic carbocycles. The molecule has 2 heterocycles. The van der Waals surface area contributed by atoms with Crippen LogP contribution in [0.5, 0.6) is 0 Å². The van der Waals surface area contributed by atoms with Gasteiger partial charge in [0.25, 0.3) is 0 Å². The minimum atomic E-state index is 0.106. The number of ether oxygens (including phenoxy) is 1. The minimum absolute atomic E-state index is 0.106. The fourth-order valence-corrected chi connectivity index (χ4v) is 3.06. The molecule has 0 aliphatic carbocycles. The van der Waals surface area contributed by atoms with E-state index in [9.17, 15) is 0 Å². The van der Waals surface area contributed by atoms with Crippen LogP contribution in [-0.4, -0.2) is 59.1 Å². The molecule has 0 radical (unpaired) electrons. The maximum Gasteiger partial charge on any atom is 0.0594 e. The van der Waals surface area contributed by atoms with E-state index < -0.39 is 0 Å². The zero-order chi connectivity index (χ0) is 15.3. The first-order chi connectivity index (χ1) is 10.0. The second-order valence-corrected chi connectivity index (χ2v) is 6.49. The Morgan fingerprint density at radius 3 is 2.67 bits per heavy atom. The lowest BCUT2D eigenvalue weighted by atomic mass is 9.87. The second-order valence-electron chi connectivity index (χ2n) is 6.49. The van der Waals surface area contributed by atoms with Gasteiger partial charge in [0.15, 0.2) is 0 Å². The van der Waals surface area contributed by atoms with Crippen LogP contribution in [0, 0.1) is 0 Å². The van der Waals surface area contributed by atoms with E-state index in [1.165, 1.54) is 5.56 Å². The van der Waals surface area contributed by atoms with E-state index in [1.54, 1.807) is 0 Å². The highest BCUT2D eigenvalue weighted by atomic mass is 16.5. The molecule has 1 fully saturated rings. The van der Waals surface area contributed by atoms with Crippen LogP contribution in [0.1, 0.15) is 32.8 Å². The summed E-state index contributed by atoms with van der Waals surface area (Å²) in [6.07, 6.45) is 6.27. The molecule has 1 aromatic rings. The number of nitrogens with one attached hydrogen (secondary N) is 1. The van der Waals surface area contributed by atoms with Gasteiger partial charge in [0, 0.05) is 37.9 Å². The lowest BCUT2D eigenvalue weighted by molar-refractivity contribution is -0.0232. The summed E-state index contributed by atoms with van der Waals surface area (Å²) in [5.74, 6) is 0. The van der Waals surface area contributed by atoms with Crippen molar-refractivity contribution in [3.05, 3.63) is 18.0 Å². The van der Waals surface area contributed by atoms with Crippen LogP contribution in [0.2, 0.25) is 0 Å². The first-order valence-electron chi connectivity index (χ1n) is 8.07. The third kappa shape index (κ3) is 4.28. The molecule has 1 aliphatic heterocycles. The van der Waals surface area contributed by atoms with Crippen molar-refractivity contribution in [3.8, 4) is 0 Å². The predicted octanol–water partition coefficient (Wildman–Crippen LogP) is 1.44. The molecule has 5 heteroatoms. The van der Waals surface area contributed by atoms with Gasteiger partial charge in [-0.15, -0.1) is 0 Å². The summed E-state index contributed by atoms with van der Waals surface area (Å²) in [6.45, 7) is 11.7. The van der Waals surface area contributed by atoms with Crippen molar-refractivity contribution in [2.45, 2.75) is 45.2 Å². The van der Waals surface area contributed by atoms with Gasteiger partial charge in [-0.1, -0.05) is 6.92 Å².